The van der Waals surface area contributed by atoms with Gasteiger partial charge in [0.2, 0.25) is 0 Å². The fraction of sp³-hybridized carbons (Fsp3) is 0.333. The first-order valence-corrected chi connectivity index (χ1v) is 1.26. The van der Waals surface area contributed by atoms with Crippen molar-refractivity contribution in [3.8, 4) is 0 Å². The zero-order valence-electron chi connectivity index (χ0n) is 3.33. The van der Waals surface area contributed by atoms with Gasteiger partial charge in [-0.1, -0.05) is 6.58 Å². The van der Waals surface area contributed by atoms with E-state index >= 15 is 0 Å². The van der Waals surface area contributed by atoms with E-state index in [1.54, 1.807) is 0 Å². The summed E-state index contributed by atoms with van der Waals surface area (Å²) in [4.78, 5) is 0. The van der Waals surface area contributed by atoms with E-state index in [-0.39, 0.29) is 18.5 Å². The Balaban J connectivity index is 0. The lowest BCUT2D eigenvalue weighted by molar-refractivity contribution is -0.0795. The van der Waals surface area contributed by atoms with Crippen LogP contribution in [0.2, 0.25) is 0 Å². The van der Waals surface area contributed by atoms with Gasteiger partial charge in [-0.25, -0.2) is 0 Å². The topological polar surface area (TPSA) is 0 Å². The summed E-state index contributed by atoms with van der Waals surface area (Å²) in [5.41, 5.74) is 0. The molecule has 0 amide bonds. The average Bonchev–Trinajstić information content (AvgIpc) is 1.35. The van der Waals surface area contributed by atoms with Crippen LogP contribution >= 0.6 is 12.4 Å². The molecule has 0 fully saturated rings. The van der Waals surface area contributed by atoms with Gasteiger partial charge in [0.15, 0.2) is 0 Å². The van der Waals surface area contributed by atoms with Crippen LogP contribution in [0.15, 0.2) is 12.7 Å². The summed E-state index contributed by atoms with van der Waals surface area (Å²) in [6, 6.07) is 0. The molecular formula is C3H4ClF3. The second-order valence-electron chi connectivity index (χ2n) is 0.746. The average molecular weight is 133 g/mol. The van der Waals surface area contributed by atoms with Crippen LogP contribution in [-0.4, -0.2) is 6.18 Å². The lowest BCUT2D eigenvalue weighted by Crippen LogP contribution is -1.98. The Hall–Kier alpha value is -0.180. The molecule has 0 aromatic carbocycles. The Bertz CT molecular complexity index is 55.7. The minimum absolute atomic E-state index is 0. The number of rotatable bonds is 0. The third-order valence-corrected chi connectivity index (χ3v) is 0.231. The number of hydrogen-bond acceptors (Lipinski definition) is 0. The van der Waals surface area contributed by atoms with Gasteiger partial charge in [0.25, 0.3) is 0 Å². The first-order valence-electron chi connectivity index (χ1n) is 1.26. The van der Waals surface area contributed by atoms with Crippen molar-refractivity contribution in [3.63, 3.8) is 0 Å². The van der Waals surface area contributed by atoms with Crippen molar-refractivity contribution >= 4 is 12.4 Å². The number of allylic oxidation sites excluding steroid dienone is 1. The maximum atomic E-state index is 10.7. The minimum atomic E-state index is -4.19. The highest BCUT2D eigenvalue weighted by atomic mass is 35.5. The van der Waals surface area contributed by atoms with Crippen molar-refractivity contribution in [1.82, 2.24) is 0 Å². The van der Waals surface area contributed by atoms with Crippen molar-refractivity contribution in [3.05, 3.63) is 12.7 Å². The quantitative estimate of drug-likeness (QED) is 0.443. The van der Waals surface area contributed by atoms with Crippen molar-refractivity contribution < 1.29 is 13.2 Å². The predicted octanol–water partition coefficient (Wildman–Crippen LogP) is 2.16. The third-order valence-electron chi connectivity index (χ3n) is 0.231. The number of hydrogen-bond donors (Lipinski definition) is 0. The molecule has 0 N–H and O–H groups in total. The maximum absolute atomic E-state index is 10.7. The highest BCUT2D eigenvalue weighted by Crippen LogP contribution is 2.13. The monoisotopic (exact) mass is 132 g/mol. The highest BCUT2D eigenvalue weighted by Gasteiger charge is 2.19. The summed E-state index contributed by atoms with van der Waals surface area (Å²) in [6.07, 6.45) is -4.26. The predicted molar refractivity (Wildman–Crippen MR) is 23.5 cm³/mol. The van der Waals surface area contributed by atoms with Gasteiger partial charge in [0, 0.05) is 6.08 Å². The lowest BCUT2D eigenvalue weighted by atomic mass is 10.6. The van der Waals surface area contributed by atoms with Crippen LogP contribution in [0.25, 0.3) is 0 Å². The summed E-state index contributed by atoms with van der Waals surface area (Å²) < 4.78 is 32.0. The van der Waals surface area contributed by atoms with E-state index in [0.29, 0.717) is 0 Å². The van der Waals surface area contributed by atoms with Crippen LogP contribution in [-0.2, 0) is 0 Å². The van der Waals surface area contributed by atoms with Crippen molar-refractivity contribution in [2.45, 2.75) is 6.18 Å². The zero-order valence-corrected chi connectivity index (χ0v) is 4.14. The molecular weight excluding hydrogens is 128 g/mol. The van der Waals surface area contributed by atoms with Gasteiger partial charge in [0.1, 0.15) is 0 Å². The van der Waals surface area contributed by atoms with Crippen molar-refractivity contribution in [2.24, 2.45) is 0 Å². The van der Waals surface area contributed by atoms with Crippen molar-refractivity contribution in [1.29, 1.82) is 0 Å². The first kappa shape index (κ1) is 9.94. The van der Waals surface area contributed by atoms with Gasteiger partial charge < -0.3 is 0 Å². The molecule has 0 radical (unpaired) electrons. The summed E-state index contributed by atoms with van der Waals surface area (Å²) in [6.45, 7) is 2.51. The van der Waals surface area contributed by atoms with Crippen LogP contribution in [0, 0.1) is 0 Å². The summed E-state index contributed by atoms with van der Waals surface area (Å²) in [5, 5.41) is 0. The molecule has 0 aromatic rings. The SMILES string of the molecule is C=CC(F)(F)F.Cl. The van der Waals surface area contributed by atoms with Crippen LogP contribution in [0.3, 0.4) is 0 Å². The summed E-state index contributed by atoms with van der Waals surface area (Å²) in [7, 11) is 0. The van der Waals surface area contributed by atoms with E-state index in [1.807, 2.05) is 0 Å². The molecule has 4 heteroatoms. The molecule has 0 aromatic heterocycles. The second-order valence-corrected chi connectivity index (χ2v) is 0.746. The van der Waals surface area contributed by atoms with Crippen LogP contribution in [0.4, 0.5) is 13.2 Å². The molecule has 0 nitrogen and oxygen atoms in total. The normalized spacial score (nSPS) is 9.57. The summed E-state index contributed by atoms with van der Waals surface area (Å²) in [5.74, 6) is 0. The van der Waals surface area contributed by atoms with Gasteiger partial charge in [-0.15, -0.1) is 12.4 Å². The van der Waals surface area contributed by atoms with E-state index in [4.69, 9.17) is 0 Å². The van der Waals surface area contributed by atoms with Gasteiger partial charge in [-0.3, -0.25) is 0 Å². The van der Waals surface area contributed by atoms with Crippen LogP contribution < -0.4 is 0 Å². The smallest absolute Gasteiger partial charge is 0.167 e. The van der Waals surface area contributed by atoms with Crippen molar-refractivity contribution in [2.75, 3.05) is 0 Å². The van der Waals surface area contributed by atoms with E-state index in [0.717, 1.165) is 0 Å². The molecule has 0 saturated carbocycles. The molecule has 0 unspecified atom stereocenters. The molecule has 0 bridgehead atoms. The summed E-state index contributed by atoms with van der Waals surface area (Å²) >= 11 is 0. The molecule has 0 heterocycles. The Morgan fingerprint density at radius 1 is 1.29 bits per heavy atom. The minimum Gasteiger partial charge on any atom is -0.167 e. The van der Waals surface area contributed by atoms with E-state index in [1.165, 1.54) is 0 Å². The lowest BCUT2D eigenvalue weighted by Gasteiger charge is -1.91. The fourth-order valence-corrected chi connectivity index (χ4v) is 0. The number of alkyl halides is 3. The maximum Gasteiger partial charge on any atom is 0.409 e. The molecule has 0 spiro atoms. The molecule has 0 atom stereocenters. The second kappa shape index (κ2) is 2.91. The van der Waals surface area contributed by atoms with E-state index in [2.05, 4.69) is 6.58 Å². The van der Waals surface area contributed by atoms with Gasteiger partial charge in [-0.05, 0) is 0 Å². The van der Waals surface area contributed by atoms with E-state index in [9.17, 15) is 13.2 Å². The zero-order chi connectivity index (χ0) is 5.21. The molecule has 0 rings (SSSR count). The van der Waals surface area contributed by atoms with Gasteiger partial charge >= 0.3 is 6.18 Å². The Morgan fingerprint density at radius 3 is 1.43 bits per heavy atom. The fourth-order valence-electron chi connectivity index (χ4n) is 0. The van der Waals surface area contributed by atoms with Crippen LogP contribution in [0.1, 0.15) is 0 Å². The third kappa shape index (κ3) is 10.7. The largest absolute Gasteiger partial charge is 0.409 e. The highest BCUT2D eigenvalue weighted by molar-refractivity contribution is 5.85. The molecule has 0 aliphatic carbocycles. The Morgan fingerprint density at radius 2 is 1.43 bits per heavy atom. The molecule has 0 aliphatic heterocycles. The molecule has 7 heavy (non-hydrogen) atoms. The van der Waals surface area contributed by atoms with E-state index < -0.39 is 6.18 Å². The standard InChI is InChI=1S/C3H3F3.ClH/c1-2-3(4,5)6;/h2H,1H2;1H. The Kier molecular flexibility index (Phi) is 4.13. The molecule has 44 valence electrons. The molecule has 0 aliphatic rings. The first-order chi connectivity index (χ1) is 2.56. The Labute approximate surface area is 45.4 Å². The number of halogens is 4. The van der Waals surface area contributed by atoms with Crippen LogP contribution in [0.5, 0.6) is 0 Å². The molecule has 0 saturated heterocycles. The van der Waals surface area contributed by atoms with Gasteiger partial charge in [0.05, 0.1) is 0 Å². The van der Waals surface area contributed by atoms with Gasteiger partial charge in [-0.2, -0.15) is 13.2 Å².